The van der Waals surface area contributed by atoms with Gasteiger partial charge in [0.05, 0.1) is 11.6 Å². The molecule has 0 aliphatic heterocycles. The zero-order chi connectivity index (χ0) is 14.0. The van der Waals surface area contributed by atoms with Crippen LogP contribution in [-0.4, -0.2) is 4.98 Å². The number of rotatable bonds is 2. The highest BCUT2D eigenvalue weighted by Crippen LogP contribution is 2.31. The number of nitrogens with zero attached hydrogens (tertiary/aromatic N) is 1. The van der Waals surface area contributed by atoms with Gasteiger partial charge in [-0.25, -0.2) is 0 Å². The Morgan fingerprint density at radius 1 is 1.11 bits per heavy atom. The van der Waals surface area contributed by atoms with Gasteiger partial charge in [0.1, 0.15) is 0 Å². The van der Waals surface area contributed by atoms with Crippen molar-refractivity contribution in [1.29, 1.82) is 0 Å². The summed E-state index contributed by atoms with van der Waals surface area (Å²) in [6.45, 7) is 0. The Morgan fingerprint density at radius 3 is 2.47 bits per heavy atom. The van der Waals surface area contributed by atoms with E-state index >= 15 is 0 Å². The number of hydrogen-bond donors (Lipinski definition) is 1. The molecule has 1 unspecified atom stereocenters. The second-order valence-electron chi connectivity index (χ2n) is 4.04. The minimum Gasteiger partial charge on any atom is -0.320 e. The van der Waals surface area contributed by atoms with Gasteiger partial charge in [-0.15, -0.1) is 0 Å². The first-order chi connectivity index (χ1) is 8.88. The molecule has 19 heavy (non-hydrogen) atoms. The Balaban J connectivity index is 2.37. The first kappa shape index (κ1) is 14.0. The van der Waals surface area contributed by atoms with E-state index in [0.29, 0.717) is 11.1 Å². The van der Waals surface area contributed by atoms with Crippen LogP contribution in [0.25, 0.3) is 0 Å². The molecule has 0 amide bonds. The number of halogens is 4. The van der Waals surface area contributed by atoms with Crippen molar-refractivity contribution < 1.29 is 13.2 Å². The van der Waals surface area contributed by atoms with E-state index in [1.54, 1.807) is 18.3 Å². The zero-order valence-corrected chi connectivity index (χ0v) is 11.2. The first-order valence-corrected chi connectivity index (χ1v) is 6.20. The van der Waals surface area contributed by atoms with Gasteiger partial charge in [-0.05, 0) is 45.3 Å². The smallest absolute Gasteiger partial charge is 0.320 e. The lowest BCUT2D eigenvalue weighted by atomic mass is 9.99. The second kappa shape index (κ2) is 5.30. The fourth-order valence-electron chi connectivity index (χ4n) is 1.70. The third-order valence-electron chi connectivity index (χ3n) is 2.66. The molecule has 0 fully saturated rings. The Morgan fingerprint density at radius 2 is 1.84 bits per heavy atom. The third kappa shape index (κ3) is 3.33. The fraction of sp³-hybridized carbons (Fsp3) is 0.154. The van der Waals surface area contributed by atoms with Crippen LogP contribution in [0.15, 0.2) is 47.2 Å². The largest absolute Gasteiger partial charge is 0.416 e. The SMILES string of the molecule is NC(c1cncc(Br)c1)c1cccc(C(F)(F)F)c1. The molecule has 2 N–H and O–H groups in total. The quantitative estimate of drug-likeness (QED) is 0.906. The summed E-state index contributed by atoms with van der Waals surface area (Å²) in [6.07, 6.45) is -1.25. The Labute approximate surface area is 116 Å². The van der Waals surface area contributed by atoms with Gasteiger partial charge < -0.3 is 5.73 Å². The van der Waals surface area contributed by atoms with Crippen LogP contribution >= 0.6 is 15.9 Å². The van der Waals surface area contributed by atoms with Crippen molar-refractivity contribution in [2.75, 3.05) is 0 Å². The van der Waals surface area contributed by atoms with Crippen LogP contribution in [0, 0.1) is 0 Å². The van der Waals surface area contributed by atoms with Crippen molar-refractivity contribution >= 4 is 15.9 Å². The minimum atomic E-state index is -4.37. The Kier molecular flexibility index (Phi) is 3.91. The van der Waals surface area contributed by atoms with Gasteiger partial charge in [-0.1, -0.05) is 12.1 Å². The van der Waals surface area contributed by atoms with Crippen molar-refractivity contribution in [3.63, 3.8) is 0 Å². The summed E-state index contributed by atoms with van der Waals surface area (Å²) in [7, 11) is 0. The maximum absolute atomic E-state index is 12.6. The van der Waals surface area contributed by atoms with E-state index in [-0.39, 0.29) is 0 Å². The summed E-state index contributed by atoms with van der Waals surface area (Å²) in [5, 5.41) is 0. The average Bonchev–Trinajstić information content (AvgIpc) is 2.37. The molecule has 0 aliphatic rings. The van der Waals surface area contributed by atoms with Gasteiger partial charge in [-0.3, -0.25) is 4.98 Å². The lowest BCUT2D eigenvalue weighted by Crippen LogP contribution is -2.14. The number of nitrogens with two attached hydrogens (primary N) is 1. The third-order valence-corrected chi connectivity index (χ3v) is 3.09. The summed E-state index contributed by atoms with van der Waals surface area (Å²) in [6, 6.07) is 6.09. The molecular weight excluding hydrogens is 321 g/mol. The van der Waals surface area contributed by atoms with Gasteiger partial charge >= 0.3 is 6.18 Å². The maximum Gasteiger partial charge on any atom is 0.416 e. The van der Waals surface area contributed by atoms with E-state index in [1.807, 2.05) is 0 Å². The Bertz CT molecular complexity index is 584. The fourth-order valence-corrected chi connectivity index (χ4v) is 2.08. The normalized spacial score (nSPS) is 13.3. The van der Waals surface area contributed by atoms with Crippen molar-refractivity contribution in [1.82, 2.24) is 4.98 Å². The number of pyridine rings is 1. The molecule has 0 spiro atoms. The molecule has 2 rings (SSSR count). The predicted octanol–water partition coefficient (Wildman–Crippen LogP) is 3.91. The van der Waals surface area contributed by atoms with Crippen molar-refractivity contribution in [2.24, 2.45) is 5.73 Å². The highest BCUT2D eigenvalue weighted by atomic mass is 79.9. The summed E-state index contributed by atoms with van der Waals surface area (Å²) in [4.78, 5) is 3.95. The lowest BCUT2D eigenvalue weighted by molar-refractivity contribution is -0.137. The van der Waals surface area contributed by atoms with Crippen LogP contribution < -0.4 is 5.73 Å². The monoisotopic (exact) mass is 330 g/mol. The van der Waals surface area contributed by atoms with Crippen LogP contribution in [0.4, 0.5) is 13.2 Å². The van der Waals surface area contributed by atoms with Gasteiger partial charge in [-0.2, -0.15) is 13.2 Å². The number of alkyl halides is 3. The molecule has 6 heteroatoms. The predicted molar refractivity (Wildman–Crippen MR) is 69.4 cm³/mol. The van der Waals surface area contributed by atoms with E-state index in [0.717, 1.165) is 16.6 Å². The zero-order valence-electron chi connectivity index (χ0n) is 9.66. The molecule has 2 aromatic rings. The van der Waals surface area contributed by atoms with E-state index in [9.17, 15) is 13.2 Å². The van der Waals surface area contributed by atoms with E-state index in [2.05, 4.69) is 20.9 Å². The van der Waals surface area contributed by atoms with Crippen molar-refractivity contribution in [2.45, 2.75) is 12.2 Å². The number of aromatic nitrogens is 1. The summed E-state index contributed by atoms with van der Waals surface area (Å²) < 4.78 is 38.6. The molecule has 0 saturated heterocycles. The standard InChI is InChI=1S/C13H10BrF3N2/c14-11-5-9(6-19-7-11)12(18)8-2-1-3-10(4-8)13(15,16)17/h1-7,12H,18H2. The molecule has 1 heterocycles. The minimum absolute atomic E-state index is 0.398. The van der Waals surface area contributed by atoms with Crippen LogP contribution in [0.2, 0.25) is 0 Å². The first-order valence-electron chi connectivity index (χ1n) is 5.41. The van der Waals surface area contributed by atoms with Crippen LogP contribution in [0.1, 0.15) is 22.7 Å². The van der Waals surface area contributed by atoms with E-state index in [1.165, 1.54) is 12.3 Å². The summed E-state index contributed by atoms with van der Waals surface area (Å²) in [5.41, 5.74) is 6.31. The highest BCUT2D eigenvalue weighted by Gasteiger charge is 2.30. The molecular formula is C13H10BrF3N2. The summed E-state index contributed by atoms with van der Waals surface area (Å²) in [5.74, 6) is 0. The van der Waals surface area contributed by atoms with Gasteiger partial charge in [0.2, 0.25) is 0 Å². The van der Waals surface area contributed by atoms with Crippen molar-refractivity contribution in [3.8, 4) is 0 Å². The Hall–Kier alpha value is -1.40. The van der Waals surface area contributed by atoms with Gasteiger partial charge in [0.25, 0.3) is 0 Å². The van der Waals surface area contributed by atoms with Crippen LogP contribution in [0.5, 0.6) is 0 Å². The molecule has 0 bridgehead atoms. The second-order valence-corrected chi connectivity index (χ2v) is 4.95. The molecule has 0 saturated carbocycles. The van der Waals surface area contributed by atoms with Gasteiger partial charge in [0, 0.05) is 16.9 Å². The molecule has 2 nitrogen and oxygen atoms in total. The molecule has 1 aromatic heterocycles. The van der Waals surface area contributed by atoms with Crippen molar-refractivity contribution in [3.05, 3.63) is 63.9 Å². The van der Waals surface area contributed by atoms with E-state index < -0.39 is 17.8 Å². The van der Waals surface area contributed by atoms with Crippen LogP contribution in [-0.2, 0) is 6.18 Å². The highest BCUT2D eigenvalue weighted by molar-refractivity contribution is 9.10. The molecule has 1 atom stereocenters. The van der Waals surface area contributed by atoms with Gasteiger partial charge in [0.15, 0.2) is 0 Å². The number of benzene rings is 1. The topological polar surface area (TPSA) is 38.9 Å². The molecule has 100 valence electrons. The molecule has 0 aliphatic carbocycles. The summed E-state index contributed by atoms with van der Waals surface area (Å²) >= 11 is 3.25. The van der Waals surface area contributed by atoms with Crippen LogP contribution in [0.3, 0.4) is 0 Å². The maximum atomic E-state index is 12.6. The lowest BCUT2D eigenvalue weighted by Gasteiger charge is -2.14. The molecule has 1 aromatic carbocycles. The number of hydrogen-bond acceptors (Lipinski definition) is 2. The molecule has 0 radical (unpaired) electrons. The average molecular weight is 331 g/mol. The van der Waals surface area contributed by atoms with E-state index in [4.69, 9.17) is 5.73 Å².